The van der Waals surface area contributed by atoms with Crippen molar-refractivity contribution in [3.63, 3.8) is 0 Å². The van der Waals surface area contributed by atoms with Crippen molar-refractivity contribution in [2.24, 2.45) is 0 Å². The molecule has 1 N–H and O–H groups in total. The van der Waals surface area contributed by atoms with Gasteiger partial charge in [0, 0.05) is 69.8 Å². The molecule has 2 fully saturated rings. The summed E-state index contributed by atoms with van der Waals surface area (Å²) in [6.07, 6.45) is 5.50. The lowest BCUT2D eigenvalue weighted by Gasteiger charge is -2.36. The van der Waals surface area contributed by atoms with Crippen LogP contribution in [0.15, 0.2) is 30.6 Å². The van der Waals surface area contributed by atoms with Crippen LogP contribution in [-0.4, -0.2) is 82.1 Å². The lowest BCUT2D eigenvalue weighted by molar-refractivity contribution is -0.137. The number of benzene rings is 1. The van der Waals surface area contributed by atoms with Crippen LogP contribution in [-0.2, 0) is 29.0 Å². The van der Waals surface area contributed by atoms with Gasteiger partial charge >= 0.3 is 0 Å². The van der Waals surface area contributed by atoms with Crippen LogP contribution in [0.25, 0.3) is 11.3 Å². The van der Waals surface area contributed by atoms with Gasteiger partial charge in [0.05, 0.1) is 37.3 Å². The lowest BCUT2D eigenvalue weighted by atomic mass is 10.1. The van der Waals surface area contributed by atoms with Crippen LogP contribution in [0.4, 0.5) is 14.6 Å². The molecule has 1 amide bonds. The first-order chi connectivity index (χ1) is 19.5. The first-order valence-corrected chi connectivity index (χ1v) is 13.9. The van der Waals surface area contributed by atoms with Crippen LogP contribution in [0.1, 0.15) is 31.2 Å². The smallest absolute Gasteiger partial charge is 0.242 e. The van der Waals surface area contributed by atoms with E-state index in [2.05, 4.69) is 15.3 Å². The Balaban J connectivity index is 1.22. The zero-order valence-corrected chi connectivity index (χ0v) is 22.5. The normalized spacial score (nSPS) is 19.9. The summed E-state index contributed by atoms with van der Waals surface area (Å²) < 4.78 is 40.6. The number of piperidine rings is 1. The molecule has 212 valence electrons. The van der Waals surface area contributed by atoms with Crippen LogP contribution < -0.4 is 15.0 Å². The third-order valence-corrected chi connectivity index (χ3v) is 7.68. The topological polar surface area (TPSA) is 97.6 Å². The summed E-state index contributed by atoms with van der Waals surface area (Å²) in [4.78, 5) is 27.3. The fraction of sp³-hybridized carbons (Fsp3) is 0.500. The third-order valence-electron chi connectivity index (χ3n) is 7.68. The number of halogens is 2. The molecule has 5 heterocycles. The molecular formula is C28H33F2N7O3. The third kappa shape index (κ3) is 5.50. The Hall–Kier alpha value is -3.64. The van der Waals surface area contributed by atoms with Crippen molar-refractivity contribution in [3.8, 4) is 17.0 Å². The number of anilines is 1. The summed E-state index contributed by atoms with van der Waals surface area (Å²) in [5, 5.41) is 7.69. The highest BCUT2D eigenvalue weighted by atomic mass is 19.1. The number of nitrogens with one attached hydrogen (secondary N) is 1. The molecule has 1 aromatic carbocycles. The van der Waals surface area contributed by atoms with Crippen molar-refractivity contribution in [1.29, 1.82) is 0 Å². The van der Waals surface area contributed by atoms with Crippen LogP contribution in [0.2, 0.25) is 0 Å². The second-order valence-corrected chi connectivity index (χ2v) is 10.3. The number of ether oxygens (including phenoxy) is 2. The van der Waals surface area contributed by atoms with Crippen LogP contribution in [0, 0.1) is 11.6 Å². The quantitative estimate of drug-likeness (QED) is 0.498. The summed E-state index contributed by atoms with van der Waals surface area (Å²) in [7, 11) is 0. The number of hydrogen-bond acceptors (Lipinski definition) is 8. The Bertz CT molecular complexity index is 1370. The van der Waals surface area contributed by atoms with Gasteiger partial charge in [-0.05, 0) is 19.1 Å². The van der Waals surface area contributed by atoms with Crippen molar-refractivity contribution in [2.45, 2.75) is 51.4 Å². The van der Waals surface area contributed by atoms with Crippen LogP contribution >= 0.6 is 0 Å². The Morgan fingerprint density at radius 1 is 1.18 bits per heavy atom. The number of fused-ring (bicyclic) bond motifs is 1. The molecule has 12 heteroatoms. The molecule has 3 aliphatic heterocycles. The van der Waals surface area contributed by atoms with E-state index in [1.807, 2.05) is 22.7 Å². The van der Waals surface area contributed by atoms with Gasteiger partial charge in [-0.25, -0.2) is 18.7 Å². The largest absolute Gasteiger partial charge is 0.487 e. The molecule has 2 aromatic heterocycles. The van der Waals surface area contributed by atoms with E-state index in [1.165, 1.54) is 12.1 Å². The van der Waals surface area contributed by atoms with Crippen LogP contribution in [0.5, 0.6) is 5.75 Å². The number of nitrogens with zero attached hydrogens (tertiary/aromatic N) is 6. The number of carbonyl (C=O) groups is 1. The highest BCUT2D eigenvalue weighted by Gasteiger charge is 2.32. The molecule has 10 nitrogen and oxygen atoms in total. The lowest BCUT2D eigenvalue weighted by Crippen LogP contribution is -2.53. The Morgan fingerprint density at radius 2 is 2.02 bits per heavy atom. The number of morpholine rings is 1. The molecule has 0 radical (unpaired) electrons. The minimum Gasteiger partial charge on any atom is -0.487 e. The monoisotopic (exact) mass is 553 g/mol. The van der Waals surface area contributed by atoms with Gasteiger partial charge in [0.25, 0.3) is 0 Å². The van der Waals surface area contributed by atoms with E-state index in [1.54, 1.807) is 6.20 Å². The summed E-state index contributed by atoms with van der Waals surface area (Å²) in [5.41, 5.74) is 3.29. The van der Waals surface area contributed by atoms with Crippen molar-refractivity contribution in [3.05, 3.63) is 53.6 Å². The number of aryl methyl sites for hydroxylation is 1. The first-order valence-electron chi connectivity index (χ1n) is 13.9. The molecule has 0 saturated carbocycles. The molecule has 3 aliphatic rings. The van der Waals surface area contributed by atoms with Gasteiger partial charge in [0.1, 0.15) is 23.7 Å². The van der Waals surface area contributed by atoms with Crippen LogP contribution in [0.3, 0.4) is 0 Å². The summed E-state index contributed by atoms with van der Waals surface area (Å²) in [5.74, 6) is -0.455. The maximum Gasteiger partial charge on any atom is 0.242 e. The van der Waals surface area contributed by atoms with Crippen molar-refractivity contribution in [2.75, 3.05) is 44.3 Å². The van der Waals surface area contributed by atoms with E-state index in [4.69, 9.17) is 19.4 Å². The summed E-state index contributed by atoms with van der Waals surface area (Å²) in [6, 6.07) is 3.04. The van der Waals surface area contributed by atoms with Crippen molar-refractivity contribution in [1.82, 2.24) is 30.0 Å². The molecule has 40 heavy (non-hydrogen) atoms. The number of rotatable bonds is 6. The highest BCUT2D eigenvalue weighted by Crippen LogP contribution is 2.33. The van der Waals surface area contributed by atoms with E-state index in [9.17, 15) is 13.6 Å². The fourth-order valence-electron chi connectivity index (χ4n) is 5.46. The first kappa shape index (κ1) is 26.6. The van der Waals surface area contributed by atoms with Gasteiger partial charge in [-0.1, -0.05) is 0 Å². The molecule has 1 atom stereocenters. The van der Waals surface area contributed by atoms with E-state index in [0.717, 1.165) is 41.1 Å². The van der Waals surface area contributed by atoms with Gasteiger partial charge in [-0.15, -0.1) is 0 Å². The highest BCUT2D eigenvalue weighted by molar-refractivity contribution is 5.82. The summed E-state index contributed by atoms with van der Waals surface area (Å²) >= 11 is 0. The predicted molar refractivity (Wildman–Crippen MR) is 143 cm³/mol. The van der Waals surface area contributed by atoms with Gasteiger partial charge in [0.2, 0.25) is 5.91 Å². The maximum atomic E-state index is 14.1. The Kier molecular flexibility index (Phi) is 7.61. The SMILES string of the molecule is CCn1cc(-c2nc3c(nc2N2CCC(Oc4ccc(F)cc4F)CC2)CCN(C(=O)C2COCCN2)C3)cn1. The molecule has 1 unspecified atom stereocenters. The molecule has 0 spiro atoms. The van der Waals surface area contributed by atoms with Gasteiger partial charge in [-0.3, -0.25) is 9.48 Å². The average Bonchev–Trinajstić information content (AvgIpc) is 3.47. The molecule has 3 aromatic rings. The molecule has 2 saturated heterocycles. The Morgan fingerprint density at radius 3 is 2.75 bits per heavy atom. The fourth-order valence-corrected chi connectivity index (χ4v) is 5.46. The van der Waals surface area contributed by atoms with E-state index in [-0.39, 0.29) is 23.8 Å². The predicted octanol–water partition coefficient (Wildman–Crippen LogP) is 2.56. The van der Waals surface area contributed by atoms with E-state index in [0.29, 0.717) is 65.2 Å². The zero-order valence-electron chi connectivity index (χ0n) is 22.5. The average molecular weight is 554 g/mol. The number of hydrogen-bond donors (Lipinski definition) is 1. The molecular weight excluding hydrogens is 520 g/mol. The standard InChI is InChI=1S/C28H33F2N7O3/c1-2-37-15-18(14-32-37)26-27(35-9-5-20(6-10-35)40-25-4-3-19(29)13-21(25)30)34-22-7-11-36(16-23(22)33-26)28(38)24-17-39-12-8-31-24/h3-4,13-15,20,24,31H,2,5-12,16-17H2,1H3. The van der Waals surface area contributed by atoms with Crippen molar-refractivity contribution >= 4 is 11.7 Å². The van der Waals surface area contributed by atoms with Gasteiger partial charge < -0.3 is 24.6 Å². The number of aromatic nitrogens is 4. The van der Waals surface area contributed by atoms with Gasteiger partial charge in [-0.2, -0.15) is 5.10 Å². The summed E-state index contributed by atoms with van der Waals surface area (Å²) in [6.45, 7) is 6.67. The number of amides is 1. The molecule has 0 aliphatic carbocycles. The van der Waals surface area contributed by atoms with Crippen molar-refractivity contribution < 1.29 is 23.0 Å². The molecule has 0 bridgehead atoms. The van der Waals surface area contributed by atoms with E-state index >= 15 is 0 Å². The minimum absolute atomic E-state index is 0.0243. The minimum atomic E-state index is -0.697. The number of carbonyl (C=O) groups excluding carboxylic acids is 1. The molecule has 6 rings (SSSR count). The maximum absolute atomic E-state index is 14.1. The second-order valence-electron chi connectivity index (χ2n) is 10.3. The zero-order chi connectivity index (χ0) is 27.6. The second kappa shape index (κ2) is 11.5. The Labute approximate surface area is 231 Å². The van der Waals surface area contributed by atoms with E-state index < -0.39 is 11.6 Å². The van der Waals surface area contributed by atoms with Gasteiger partial charge in [0.15, 0.2) is 17.4 Å².